The van der Waals surface area contributed by atoms with E-state index in [1.165, 1.54) is 0 Å². The number of amides is 1. The molecule has 0 unspecified atom stereocenters. The molecule has 6 nitrogen and oxygen atoms in total. The summed E-state index contributed by atoms with van der Waals surface area (Å²) in [6.45, 7) is 9.66. The number of pyridine rings is 1. The molecule has 0 radical (unpaired) electrons. The maximum atomic E-state index is 12.8. The Bertz CT molecular complexity index is 981. The number of carbonyl (C=O) groups is 1. The van der Waals surface area contributed by atoms with Gasteiger partial charge < -0.3 is 5.32 Å². The van der Waals surface area contributed by atoms with E-state index >= 15 is 0 Å². The molecule has 1 amide bonds. The highest BCUT2D eigenvalue weighted by Crippen LogP contribution is 2.26. The van der Waals surface area contributed by atoms with Gasteiger partial charge in [0.1, 0.15) is 0 Å². The molecular formula is C23H29N5O. The Balaban J connectivity index is 1.43. The molecule has 0 aliphatic carbocycles. The molecule has 1 saturated heterocycles. The lowest BCUT2D eigenvalue weighted by atomic mass is 9.93. The Kier molecular flexibility index (Phi) is 5.37. The number of carbonyl (C=O) groups excluding carboxylic acids is 1. The number of nitrogens with zero attached hydrogens (tertiary/aromatic N) is 3. The van der Waals surface area contributed by atoms with Gasteiger partial charge in [0.15, 0.2) is 5.69 Å². The number of nitrogens with one attached hydrogen (secondary N) is 2. The number of benzene rings is 1. The third kappa shape index (κ3) is 4.32. The molecule has 0 atom stereocenters. The minimum absolute atomic E-state index is 0.113. The molecule has 6 heteroatoms. The van der Waals surface area contributed by atoms with E-state index in [1.54, 1.807) is 6.20 Å². The minimum Gasteiger partial charge on any atom is -0.350 e. The summed E-state index contributed by atoms with van der Waals surface area (Å²) >= 11 is 0. The number of fused-ring (bicyclic) bond motifs is 1. The summed E-state index contributed by atoms with van der Waals surface area (Å²) in [6, 6.07) is 9.91. The molecule has 3 heterocycles. The summed E-state index contributed by atoms with van der Waals surface area (Å²) in [5.41, 5.74) is 3.58. The first-order valence-electron chi connectivity index (χ1n) is 10.3. The predicted molar refractivity (Wildman–Crippen MR) is 116 cm³/mol. The number of likely N-dealkylation sites (tertiary alicyclic amines) is 1. The van der Waals surface area contributed by atoms with Crippen molar-refractivity contribution >= 4 is 16.8 Å². The second-order valence-electron chi connectivity index (χ2n) is 8.89. The fourth-order valence-corrected chi connectivity index (χ4v) is 4.03. The van der Waals surface area contributed by atoms with Gasteiger partial charge in [-0.3, -0.25) is 19.8 Å². The summed E-state index contributed by atoms with van der Waals surface area (Å²) in [6.07, 6.45) is 5.81. The predicted octanol–water partition coefficient (Wildman–Crippen LogP) is 3.87. The number of aromatic nitrogens is 3. The van der Waals surface area contributed by atoms with Crippen molar-refractivity contribution in [1.29, 1.82) is 0 Å². The normalized spacial score (nSPS) is 16.2. The summed E-state index contributed by atoms with van der Waals surface area (Å²) in [5, 5.41) is 11.2. The van der Waals surface area contributed by atoms with Gasteiger partial charge in [0, 0.05) is 35.4 Å². The molecule has 3 aromatic rings. The first-order chi connectivity index (χ1) is 13.9. The van der Waals surface area contributed by atoms with Gasteiger partial charge in [0.05, 0.1) is 5.52 Å². The van der Waals surface area contributed by atoms with Gasteiger partial charge in [-0.2, -0.15) is 5.10 Å². The van der Waals surface area contributed by atoms with Crippen LogP contribution in [0.1, 0.15) is 44.1 Å². The summed E-state index contributed by atoms with van der Waals surface area (Å²) in [7, 11) is 0. The molecule has 2 aromatic heterocycles. The number of hydrogen-bond donors (Lipinski definition) is 2. The van der Waals surface area contributed by atoms with Crippen molar-refractivity contribution in [3.8, 4) is 11.1 Å². The zero-order valence-electron chi connectivity index (χ0n) is 17.4. The highest BCUT2D eigenvalue weighted by Gasteiger charge is 2.27. The largest absolute Gasteiger partial charge is 0.350 e. The van der Waals surface area contributed by atoms with Crippen LogP contribution in [0.2, 0.25) is 0 Å². The van der Waals surface area contributed by atoms with Crippen LogP contribution in [-0.2, 0) is 0 Å². The first kappa shape index (κ1) is 19.6. The summed E-state index contributed by atoms with van der Waals surface area (Å²) in [4.78, 5) is 19.5. The van der Waals surface area contributed by atoms with Crippen LogP contribution in [0.25, 0.3) is 22.0 Å². The quantitative estimate of drug-likeness (QED) is 0.708. The van der Waals surface area contributed by atoms with E-state index in [1.807, 2.05) is 36.5 Å². The molecular weight excluding hydrogens is 362 g/mol. The van der Waals surface area contributed by atoms with Crippen molar-refractivity contribution in [3.63, 3.8) is 0 Å². The second kappa shape index (κ2) is 7.95. The van der Waals surface area contributed by atoms with E-state index in [0.29, 0.717) is 18.2 Å². The van der Waals surface area contributed by atoms with E-state index in [9.17, 15) is 4.79 Å². The van der Waals surface area contributed by atoms with E-state index in [0.717, 1.165) is 48.0 Å². The third-order valence-corrected chi connectivity index (χ3v) is 5.89. The fraction of sp³-hybridized carbons (Fsp3) is 0.435. The van der Waals surface area contributed by atoms with Gasteiger partial charge >= 0.3 is 0 Å². The van der Waals surface area contributed by atoms with Gasteiger partial charge in [-0.15, -0.1) is 0 Å². The Hall–Kier alpha value is -2.73. The number of aromatic amines is 1. The lowest BCUT2D eigenvalue weighted by molar-refractivity contribution is 0.0816. The fourth-order valence-electron chi connectivity index (χ4n) is 4.03. The third-order valence-electron chi connectivity index (χ3n) is 5.89. The number of rotatable bonds is 4. The van der Waals surface area contributed by atoms with Gasteiger partial charge in [0.2, 0.25) is 0 Å². The smallest absolute Gasteiger partial charge is 0.272 e. The van der Waals surface area contributed by atoms with Gasteiger partial charge in [0.25, 0.3) is 5.91 Å². The standard InChI is InChI=1S/C23H29N5O/c1-23(2,3)28-11-8-16(9-12-28)14-25-22(29)21-19-13-17(6-7-20(19)26-27-21)18-5-4-10-24-15-18/h4-7,10,13,15-16H,8-9,11-12,14H2,1-3H3,(H,25,29)(H,26,27). The molecule has 152 valence electrons. The maximum Gasteiger partial charge on any atom is 0.272 e. The molecule has 0 bridgehead atoms. The van der Waals surface area contributed by atoms with Crippen molar-refractivity contribution in [2.24, 2.45) is 5.92 Å². The van der Waals surface area contributed by atoms with Crippen LogP contribution in [0.4, 0.5) is 0 Å². The molecule has 29 heavy (non-hydrogen) atoms. The Morgan fingerprint density at radius 2 is 2.00 bits per heavy atom. The minimum atomic E-state index is -0.113. The average Bonchev–Trinajstić information content (AvgIpc) is 3.15. The van der Waals surface area contributed by atoms with E-state index in [-0.39, 0.29) is 11.4 Å². The molecule has 1 aromatic carbocycles. The van der Waals surface area contributed by atoms with Crippen molar-refractivity contribution in [2.45, 2.75) is 39.2 Å². The van der Waals surface area contributed by atoms with Crippen LogP contribution >= 0.6 is 0 Å². The Morgan fingerprint density at radius 3 is 2.69 bits per heavy atom. The number of H-pyrrole nitrogens is 1. The average molecular weight is 392 g/mol. The zero-order valence-corrected chi connectivity index (χ0v) is 17.4. The summed E-state index contributed by atoms with van der Waals surface area (Å²) in [5.74, 6) is 0.409. The van der Waals surface area contributed by atoms with Crippen molar-refractivity contribution in [3.05, 3.63) is 48.4 Å². The molecule has 0 saturated carbocycles. The number of piperidine rings is 1. The molecule has 1 fully saturated rings. The first-order valence-corrected chi connectivity index (χ1v) is 10.3. The van der Waals surface area contributed by atoms with Crippen LogP contribution in [0.5, 0.6) is 0 Å². The van der Waals surface area contributed by atoms with Crippen LogP contribution in [0.3, 0.4) is 0 Å². The van der Waals surface area contributed by atoms with E-state index in [2.05, 4.69) is 46.2 Å². The molecule has 1 aliphatic heterocycles. The zero-order chi connectivity index (χ0) is 20.4. The Morgan fingerprint density at radius 1 is 1.21 bits per heavy atom. The van der Waals surface area contributed by atoms with Crippen LogP contribution < -0.4 is 5.32 Å². The number of hydrogen-bond acceptors (Lipinski definition) is 4. The SMILES string of the molecule is CC(C)(C)N1CCC(CNC(=O)c2n[nH]c3ccc(-c4cccnc4)cc23)CC1. The van der Waals surface area contributed by atoms with E-state index < -0.39 is 0 Å². The van der Waals surface area contributed by atoms with Crippen LogP contribution in [0, 0.1) is 5.92 Å². The van der Waals surface area contributed by atoms with Gasteiger partial charge in [-0.05, 0) is 76.4 Å². The molecule has 0 spiro atoms. The topological polar surface area (TPSA) is 73.9 Å². The monoisotopic (exact) mass is 391 g/mol. The highest BCUT2D eigenvalue weighted by molar-refractivity contribution is 6.05. The summed E-state index contributed by atoms with van der Waals surface area (Å²) < 4.78 is 0. The van der Waals surface area contributed by atoms with Crippen molar-refractivity contribution in [1.82, 2.24) is 25.4 Å². The highest BCUT2D eigenvalue weighted by atomic mass is 16.1. The molecule has 4 rings (SSSR count). The van der Waals surface area contributed by atoms with Crippen LogP contribution in [-0.4, -0.2) is 51.2 Å². The lowest BCUT2D eigenvalue weighted by Crippen LogP contribution is -2.47. The molecule has 1 aliphatic rings. The van der Waals surface area contributed by atoms with Crippen molar-refractivity contribution < 1.29 is 4.79 Å². The lowest BCUT2D eigenvalue weighted by Gasteiger charge is -2.40. The molecule has 2 N–H and O–H groups in total. The van der Waals surface area contributed by atoms with Crippen LogP contribution in [0.15, 0.2) is 42.7 Å². The van der Waals surface area contributed by atoms with Crippen molar-refractivity contribution in [2.75, 3.05) is 19.6 Å². The van der Waals surface area contributed by atoms with Gasteiger partial charge in [-0.1, -0.05) is 12.1 Å². The van der Waals surface area contributed by atoms with E-state index in [4.69, 9.17) is 0 Å². The Labute approximate surface area is 171 Å². The maximum absolute atomic E-state index is 12.8. The van der Waals surface area contributed by atoms with Gasteiger partial charge in [-0.25, -0.2) is 0 Å². The second-order valence-corrected chi connectivity index (χ2v) is 8.89.